The van der Waals surface area contributed by atoms with E-state index in [1.54, 1.807) is 0 Å². The predicted octanol–water partition coefficient (Wildman–Crippen LogP) is -2.63. The summed E-state index contributed by atoms with van der Waals surface area (Å²) in [6.07, 6.45) is -0.289. The second-order valence-electron chi connectivity index (χ2n) is 1.05. The van der Waals surface area contributed by atoms with Gasteiger partial charge >= 0.3 is 59.3 Å². The topological polar surface area (TPSA) is 38.3 Å². The summed E-state index contributed by atoms with van der Waals surface area (Å²) < 4.78 is 4.64. The molecule has 0 aliphatic carbocycles. The third-order valence-electron chi connectivity index (χ3n) is 0.468. The third-order valence-corrected chi connectivity index (χ3v) is 1.31. The van der Waals surface area contributed by atoms with Gasteiger partial charge in [-0.1, -0.05) is 0 Å². The van der Waals surface area contributed by atoms with Crippen LogP contribution in [0.4, 0.5) is 4.79 Å². The molecule has 0 aromatic carbocycles. The number of carbonyl (C=O) groups is 1. The van der Waals surface area contributed by atoms with Gasteiger partial charge in [-0.3, -0.25) is 0 Å². The molecule has 0 unspecified atom stereocenters. The molecule has 1 N–H and O–H groups in total. The quantitative estimate of drug-likeness (QED) is 0.416. The average Bonchev–Trinajstić information content (AvgIpc) is 1.68. The Balaban J connectivity index is 3.06. The first kappa shape index (κ1) is 8.00. The van der Waals surface area contributed by atoms with Gasteiger partial charge in [0.25, 0.3) is 0 Å². The molecule has 0 spiro atoms. The Morgan fingerprint density at radius 3 is 2.88 bits per heavy atom. The van der Waals surface area contributed by atoms with E-state index in [2.05, 4.69) is 8.38 Å². The number of rotatable bonds is 2. The molecule has 0 aromatic rings. The molecule has 50 valence electrons. The first-order valence-electron chi connectivity index (χ1n) is 2.25. The maximum absolute atomic E-state index is 10.3. The van der Waals surface area contributed by atoms with E-state index < -0.39 is 0 Å². The second kappa shape index (κ2) is 5.14. The van der Waals surface area contributed by atoms with Gasteiger partial charge in [-0.05, 0) is 0 Å². The molecule has 0 saturated carbocycles. The van der Waals surface area contributed by atoms with E-state index >= 15 is 0 Å². The number of carbonyl (C=O) groups excluding carboxylic acids is 1. The van der Waals surface area contributed by atoms with E-state index in [0.717, 1.165) is 0 Å². The van der Waals surface area contributed by atoms with Crippen molar-refractivity contribution in [2.24, 2.45) is 0 Å². The number of amides is 1. The van der Waals surface area contributed by atoms with Crippen LogP contribution in [0.5, 0.6) is 0 Å². The number of alkyl halides is 1. The summed E-state index contributed by atoms with van der Waals surface area (Å²) in [5.41, 5.74) is 0. The molecule has 0 fully saturated rings. The summed E-state index contributed by atoms with van der Waals surface area (Å²) in [6.45, 7) is 2.50. The molecule has 0 heterocycles. The molecule has 3 nitrogen and oxygen atoms in total. The van der Waals surface area contributed by atoms with E-state index in [4.69, 9.17) is 0 Å². The first-order valence-corrected chi connectivity index (χ1v) is 5.29. The van der Waals surface area contributed by atoms with Crippen molar-refractivity contribution in [3.8, 4) is 0 Å². The standard InChI is InChI=1S/C4H9INO2/c1-3-6-4(7)8-5-2/h3H2,1-2H3,(H,6,7)/q-1. The van der Waals surface area contributed by atoms with Crippen LogP contribution in [-0.2, 0) is 3.07 Å². The van der Waals surface area contributed by atoms with Gasteiger partial charge in [0.1, 0.15) is 0 Å². The minimum absolute atomic E-state index is 0.289. The fourth-order valence-corrected chi connectivity index (χ4v) is 0.797. The van der Waals surface area contributed by atoms with Gasteiger partial charge in [0, 0.05) is 0 Å². The Morgan fingerprint density at radius 1 is 1.88 bits per heavy atom. The molecule has 0 aliphatic heterocycles. The number of halogens is 1. The number of hydrogen-bond donors (Lipinski definition) is 1. The van der Waals surface area contributed by atoms with Gasteiger partial charge in [-0.15, -0.1) is 0 Å². The Morgan fingerprint density at radius 2 is 2.50 bits per heavy atom. The molecular weight excluding hydrogens is 221 g/mol. The van der Waals surface area contributed by atoms with E-state index in [-0.39, 0.29) is 27.7 Å². The van der Waals surface area contributed by atoms with Crippen molar-refractivity contribution in [2.45, 2.75) is 6.92 Å². The van der Waals surface area contributed by atoms with Crippen LogP contribution in [0.25, 0.3) is 0 Å². The van der Waals surface area contributed by atoms with Crippen LogP contribution in [0.1, 0.15) is 6.92 Å². The van der Waals surface area contributed by atoms with E-state index in [1.807, 2.05) is 11.9 Å². The van der Waals surface area contributed by atoms with Crippen LogP contribution in [-0.4, -0.2) is 17.6 Å². The van der Waals surface area contributed by atoms with Crippen LogP contribution in [0.3, 0.4) is 0 Å². The average molecular weight is 230 g/mol. The Hall–Kier alpha value is 0. The normalized spacial score (nSPS) is 8.75. The van der Waals surface area contributed by atoms with Crippen molar-refractivity contribution < 1.29 is 29.5 Å². The molecule has 0 saturated heterocycles. The molecule has 0 rings (SSSR count). The SMILES string of the molecule is CCNC(=O)O[I-]C. The summed E-state index contributed by atoms with van der Waals surface area (Å²) in [5, 5.41) is 2.51. The molecule has 0 aromatic heterocycles. The van der Waals surface area contributed by atoms with E-state index in [1.165, 1.54) is 0 Å². The van der Waals surface area contributed by atoms with Gasteiger partial charge in [0.15, 0.2) is 0 Å². The second-order valence-corrected chi connectivity index (χ2v) is 2.37. The predicted molar refractivity (Wildman–Crippen MR) is 26.1 cm³/mol. The van der Waals surface area contributed by atoms with Gasteiger partial charge in [0.2, 0.25) is 0 Å². The van der Waals surface area contributed by atoms with E-state index in [9.17, 15) is 4.79 Å². The molecule has 0 aliphatic rings. The van der Waals surface area contributed by atoms with Crippen molar-refractivity contribution in [2.75, 3.05) is 11.5 Å². The zero-order valence-corrected chi connectivity index (χ0v) is 7.06. The van der Waals surface area contributed by atoms with Crippen molar-refractivity contribution in [3.05, 3.63) is 0 Å². The van der Waals surface area contributed by atoms with Crippen molar-refractivity contribution >= 4 is 6.09 Å². The van der Waals surface area contributed by atoms with E-state index in [0.29, 0.717) is 6.54 Å². The third kappa shape index (κ3) is 4.17. The summed E-state index contributed by atoms with van der Waals surface area (Å²) in [6, 6.07) is 0. The Labute approximate surface area is 59.6 Å². The number of hydrogen-bond acceptors (Lipinski definition) is 2. The zero-order valence-electron chi connectivity index (χ0n) is 4.90. The molecule has 1 amide bonds. The van der Waals surface area contributed by atoms with Crippen LogP contribution < -0.4 is 26.9 Å². The summed E-state index contributed by atoms with van der Waals surface area (Å²) in [4.78, 5) is 12.2. The maximum atomic E-state index is 10.3. The molecule has 8 heavy (non-hydrogen) atoms. The zero-order chi connectivity index (χ0) is 6.41. The van der Waals surface area contributed by atoms with Crippen LogP contribution in [0, 0.1) is 0 Å². The van der Waals surface area contributed by atoms with Crippen LogP contribution in [0.2, 0.25) is 0 Å². The van der Waals surface area contributed by atoms with Crippen LogP contribution in [0.15, 0.2) is 0 Å². The Bertz CT molecular complexity index is 68.4. The van der Waals surface area contributed by atoms with Crippen molar-refractivity contribution in [1.29, 1.82) is 0 Å². The monoisotopic (exact) mass is 230 g/mol. The summed E-state index contributed by atoms with van der Waals surface area (Å²) >= 11 is -0.357. The Kier molecular flexibility index (Phi) is 5.14. The van der Waals surface area contributed by atoms with Crippen molar-refractivity contribution in [1.82, 2.24) is 5.32 Å². The minimum atomic E-state index is -0.357. The molecule has 4 heteroatoms. The molecular formula is C4H9INO2-. The fourth-order valence-electron chi connectivity index (χ4n) is 0.242. The van der Waals surface area contributed by atoms with Gasteiger partial charge in [-0.2, -0.15) is 0 Å². The summed E-state index contributed by atoms with van der Waals surface area (Å²) in [7, 11) is 0. The molecule has 0 atom stereocenters. The van der Waals surface area contributed by atoms with Gasteiger partial charge in [-0.25, -0.2) is 0 Å². The number of nitrogens with one attached hydrogen (secondary N) is 1. The van der Waals surface area contributed by atoms with Crippen LogP contribution >= 0.6 is 0 Å². The first-order chi connectivity index (χ1) is 3.81. The van der Waals surface area contributed by atoms with Gasteiger partial charge < -0.3 is 0 Å². The molecule has 0 bridgehead atoms. The van der Waals surface area contributed by atoms with Gasteiger partial charge in [0.05, 0.1) is 0 Å². The fraction of sp³-hybridized carbons (Fsp3) is 0.750. The molecule has 0 radical (unpaired) electrons. The summed E-state index contributed by atoms with van der Waals surface area (Å²) in [5.74, 6) is 0. The van der Waals surface area contributed by atoms with Crippen molar-refractivity contribution in [3.63, 3.8) is 0 Å².